The highest BCUT2D eigenvalue weighted by Gasteiger charge is 2.33. The van der Waals surface area contributed by atoms with Gasteiger partial charge in [0.25, 0.3) is 5.91 Å². The van der Waals surface area contributed by atoms with Crippen LogP contribution in [0.2, 0.25) is 5.02 Å². The number of rotatable bonds is 3. The van der Waals surface area contributed by atoms with Crippen LogP contribution in [-0.2, 0) is 9.53 Å². The van der Waals surface area contributed by atoms with Gasteiger partial charge in [0, 0.05) is 17.1 Å². The second-order valence-corrected chi connectivity index (χ2v) is 6.52. The van der Waals surface area contributed by atoms with E-state index in [1.54, 1.807) is 11.8 Å². The molecule has 0 unspecified atom stereocenters. The van der Waals surface area contributed by atoms with Crippen LogP contribution < -0.4 is 0 Å². The van der Waals surface area contributed by atoms with E-state index in [4.69, 9.17) is 16.3 Å². The van der Waals surface area contributed by atoms with Crippen LogP contribution in [0.4, 0.5) is 0 Å². The van der Waals surface area contributed by atoms with E-state index in [2.05, 4.69) is 0 Å². The lowest BCUT2D eigenvalue weighted by Crippen LogP contribution is -2.51. The van der Waals surface area contributed by atoms with E-state index in [1.165, 1.54) is 18.2 Å². The third-order valence-electron chi connectivity index (χ3n) is 4.26. The van der Waals surface area contributed by atoms with Crippen molar-refractivity contribution in [2.24, 2.45) is 0 Å². The Labute approximate surface area is 141 Å². The molecule has 3 atom stereocenters. The topological polar surface area (TPSA) is 66.8 Å². The fourth-order valence-corrected chi connectivity index (χ4v) is 3.18. The number of ether oxygens (including phenoxy) is 1. The number of nitrogens with zero attached hydrogens (tertiary/aromatic N) is 1. The van der Waals surface area contributed by atoms with Crippen LogP contribution >= 0.6 is 11.6 Å². The number of hydrogen-bond acceptors (Lipinski definition) is 4. The largest absolute Gasteiger partial charge is 0.507 e. The van der Waals surface area contributed by atoms with Gasteiger partial charge in [0.15, 0.2) is 6.10 Å². The normalized spacial score (nSPS) is 22.5. The standard InChI is InChI=1S/C17H22ClNO4/c1-10-5-4-6-11(2)19(10)16(21)12(3)23-17(22)14-8-7-13(18)9-15(14)20/h7-12,20H,4-6H2,1-3H3/t10-,11-,12-/m1/s1. The number of aromatic hydroxyl groups is 1. The predicted octanol–water partition coefficient (Wildman–Crippen LogP) is 3.38. The zero-order valence-electron chi connectivity index (χ0n) is 13.6. The summed E-state index contributed by atoms with van der Waals surface area (Å²) in [6.07, 6.45) is 2.10. The average Bonchev–Trinajstić information content (AvgIpc) is 2.46. The molecule has 1 aromatic rings. The number of esters is 1. The minimum atomic E-state index is -0.902. The molecule has 0 spiro atoms. The van der Waals surface area contributed by atoms with E-state index in [0.29, 0.717) is 5.02 Å². The first-order chi connectivity index (χ1) is 10.8. The Morgan fingerprint density at radius 2 is 1.91 bits per heavy atom. The maximum absolute atomic E-state index is 12.6. The van der Waals surface area contributed by atoms with Crippen molar-refractivity contribution in [2.45, 2.75) is 58.2 Å². The average molecular weight is 340 g/mol. The molecule has 1 amide bonds. The highest BCUT2D eigenvalue weighted by molar-refractivity contribution is 6.30. The van der Waals surface area contributed by atoms with E-state index in [0.717, 1.165) is 19.3 Å². The minimum absolute atomic E-state index is 0.00575. The van der Waals surface area contributed by atoms with Crippen molar-refractivity contribution in [1.82, 2.24) is 4.90 Å². The molecule has 1 aliphatic rings. The summed E-state index contributed by atoms with van der Waals surface area (Å²) in [4.78, 5) is 26.5. The fraction of sp³-hybridized carbons (Fsp3) is 0.529. The summed E-state index contributed by atoms with van der Waals surface area (Å²) in [5.74, 6) is -1.20. The lowest BCUT2D eigenvalue weighted by molar-refractivity contribution is -0.146. The monoisotopic (exact) mass is 339 g/mol. The number of carbonyl (C=O) groups is 2. The molecule has 0 aliphatic carbocycles. The van der Waals surface area contributed by atoms with Gasteiger partial charge in [-0.15, -0.1) is 0 Å². The van der Waals surface area contributed by atoms with Crippen molar-refractivity contribution < 1.29 is 19.4 Å². The van der Waals surface area contributed by atoms with Gasteiger partial charge in [-0.1, -0.05) is 11.6 Å². The molecule has 5 nitrogen and oxygen atoms in total. The van der Waals surface area contributed by atoms with Crippen LogP contribution in [0.3, 0.4) is 0 Å². The van der Waals surface area contributed by atoms with Gasteiger partial charge >= 0.3 is 5.97 Å². The molecule has 0 radical (unpaired) electrons. The highest BCUT2D eigenvalue weighted by atomic mass is 35.5. The maximum atomic E-state index is 12.6. The lowest BCUT2D eigenvalue weighted by Gasteiger charge is -2.40. The second kappa shape index (κ2) is 7.21. The van der Waals surface area contributed by atoms with Gasteiger partial charge < -0.3 is 14.7 Å². The van der Waals surface area contributed by atoms with Crippen LogP contribution in [-0.4, -0.2) is 40.1 Å². The van der Waals surface area contributed by atoms with E-state index < -0.39 is 12.1 Å². The highest BCUT2D eigenvalue weighted by Crippen LogP contribution is 2.25. The number of likely N-dealkylation sites (tertiary alicyclic amines) is 1. The second-order valence-electron chi connectivity index (χ2n) is 6.08. The fourth-order valence-electron chi connectivity index (χ4n) is 3.02. The molecule has 2 rings (SSSR count). The summed E-state index contributed by atoms with van der Waals surface area (Å²) >= 11 is 5.74. The van der Waals surface area contributed by atoms with Gasteiger partial charge in [-0.05, 0) is 58.2 Å². The Morgan fingerprint density at radius 1 is 1.30 bits per heavy atom. The number of carbonyl (C=O) groups excluding carboxylic acids is 2. The number of phenols is 1. The van der Waals surface area contributed by atoms with Crippen molar-refractivity contribution >= 4 is 23.5 Å². The van der Waals surface area contributed by atoms with E-state index in [1.807, 2.05) is 13.8 Å². The summed E-state index contributed by atoms with van der Waals surface area (Å²) in [6.45, 7) is 5.57. The first-order valence-electron chi connectivity index (χ1n) is 7.83. The molecule has 1 saturated heterocycles. The van der Waals surface area contributed by atoms with Crippen molar-refractivity contribution in [2.75, 3.05) is 0 Å². The molecule has 126 valence electrons. The number of benzene rings is 1. The molecule has 0 bridgehead atoms. The first kappa shape index (κ1) is 17.6. The summed E-state index contributed by atoms with van der Waals surface area (Å²) in [5.41, 5.74) is -0.00575. The molecule has 1 fully saturated rings. The Kier molecular flexibility index (Phi) is 5.52. The molecule has 0 aromatic heterocycles. The predicted molar refractivity (Wildman–Crippen MR) is 87.6 cm³/mol. The van der Waals surface area contributed by atoms with E-state index >= 15 is 0 Å². The molecule has 6 heteroatoms. The summed E-state index contributed by atoms with van der Waals surface area (Å²) < 4.78 is 5.24. The number of halogens is 1. The van der Waals surface area contributed by atoms with Crippen LogP contribution in [0, 0.1) is 0 Å². The SMILES string of the molecule is C[C@@H]1CCC[C@@H](C)N1C(=O)[C@@H](C)OC(=O)c1ccc(Cl)cc1O. The number of hydrogen-bond donors (Lipinski definition) is 1. The van der Waals surface area contributed by atoms with Crippen LogP contribution in [0.25, 0.3) is 0 Å². The molecule has 1 heterocycles. The van der Waals surface area contributed by atoms with Gasteiger partial charge in [-0.25, -0.2) is 4.79 Å². The summed E-state index contributed by atoms with van der Waals surface area (Å²) in [7, 11) is 0. The van der Waals surface area contributed by atoms with E-state index in [9.17, 15) is 14.7 Å². The van der Waals surface area contributed by atoms with Crippen LogP contribution in [0.5, 0.6) is 5.75 Å². The zero-order chi connectivity index (χ0) is 17.1. The van der Waals surface area contributed by atoms with E-state index in [-0.39, 0.29) is 29.3 Å². The van der Waals surface area contributed by atoms with Crippen LogP contribution in [0.15, 0.2) is 18.2 Å². The summed E-state index contributed by atoms with van der Waals surface area (Å²) in [5, 5.41) is 10.1. The Morgan fingerprint density at radius 3 is 2.48 bits per heavy atom. The molecule has 1 aliphatic heterocycles. The third kappa shape index (κ3) is 3.96. The van der Waals surface area contributed by atoms with Crippen molar-refractivity contribution in [3.05, 3.63) is 28.8 Å². The Bertz CT molecular complexity index is 594. The van der Waals surface area contributed by atoms with Crippen LogP contribution in [0.1, 0.15) is 50.4 Å². The maximum Gasteiger partial charge on any atom is 0.342 e. The number of phenolic OH excluding ortho intramolecular Hbond substituents is 1. The third-order valence-corrected chi connectivity index (χ3v) is 4.49. The lowest BCUT2D eigenvalue weighted by atomic mass is 9.97. The smallest absolute Gasteiger partial charge is 0.342 e. The Balaban J connectivity index is 2.06. The molecule has 0 saturated carbocycles. The van der Waals surface area contributed by atoms with Gasteiger partial charge in [0.1, 0.15) is 11.3 Å². The molecule has 1 aromatic carbocycles. The number of piperidine rings is 1. The quantitative estimate of drug-likeness (QED) is 0.857. The van der Waals surface area contributed by atoms with Gasteiger partial charge in [-0.2, -0.15) is 0 Å². The van der Waals surface area contributed by atoms with Crippen molar-refractivity contribution in [1.29, 1.82) is 0 Å². The van der Waals surface area contributed by atoms with Crippen molar-refractivity contribution in [3.63, 3.8) is 0 Å². The molecule has 23 heavy (non-hydrogen) atoms. The molecular weight excluding hydrogens is 318 g/mol. The first-order valence-corrected chi connectivity index (χ1v) is 8.20. The number of amides is 1. The zero-order valence-corrected chi connectivity index (χ0v) is 14.3. The molecular formula is C17H22ClNO4. The minimum Gasteiger partial charge on any atom is -0.507 e. The molecule has 1 N–H and O–H groups in total. The van der Waals surface area contributed by atoms with Crippen molar-refractivity contribution in [3.8, 4) is 5.75 Å². The van der Waals surface area contributed by atoms with Gasteiger partial charge in [0.05, 0.1) is 0 Å². The van der Waals surface area contributed by atoms with Gasteiger partial charge in [0.2, 0.25) is 0 Å². The summed E-state index contributed by atoms with van der Waals surface area (Å²) in [6, 6.07) is 4.40. The Hall–Kier alpha value is -1.75. The van der Waals surface area contributed by atoms with Gasteiger partial charge in [-0.3, -0.25) is 4.79 Å².